The highest BCUT2D eigenvalue weighted by Crippen LogP contribution is 2.43. The molecule has 0 spiro atoms. The topological polar surface area (TPSA) is 106 Å². The van der Waals surface area contributed by atoms with E-state index in [9.17, 15) is 14.7 Å². The highest BCUT2D eigenvalue weighted by Gasteiger charge is 2.46. The van der Waals surface area contributed by atoms with E-state index in [2.05, 4.69) is 31.0 Å². The van der Waals surface area contributed by atoms with E-state index in [1.54, 1.807) is 31.2 Å². The van der Waals surface area contributed by atoms with Crippen LogP contribution < -0.4 is 9.64 Å². The van der Waals surface area contributed by atoms with Gasteiger partial charge in [0.15, 0.2) is 22.9 Å². The minimum Gasteiger partial charge on any atom is -0.503 e. The number of hydrogen-bond acceptors (Lipinski definition) is 8. The molecular formula is C27H25N3O5S. The molecule has 1 amide bonds. The second-order valence-electron chi connectivity index (χ2n) is 9.63. The van der Waals surface area contributed by atoms with Crippen LogP contribution in [0.5, 0.6) is 5.75 Å². The number of benzene rings is 2. The summed E-state index contributed by atoms with van der Waals surface area (Å²) in [4.78, 5) is 28.4. The Morgan fingerprint density at radius 2 is 1.86 bits per heavy atom. The molecule has 1 aliphatic rings. The van der Waals surface area contributed by atoms with E-state index in [-0.39, 0.29) is 16.7 Å². The molecule has 9 heteroatoms. The fourth-order valence-corrected chi connectivity index (χ4v) is 5.05. The second-order valence-corrected chi connectivity index (χ2v) is 10.8. The number of anilines is 1. The van der Waals surface area contributed by atoms with Crippen molar-refractivity contribution in [3.05, 3.63) is 81.8 Å². The van der Waals surface area contributed by atoms with Crippen molar-refractivity contribution in [1.82, 2.24) is 10.2 Å². The lowest BCUT2D eigenvalue weighted by Crippen LogP contribution is -2.31. The number of carbonyl (C=O) groups excluding carboxylic acids is 2. The molecule has 2 aromatic heterocycles. The van der Waals surface area contributed by atoms with Gasteiger partial charge in [-0.1, -0.05) is 68.5 Å². The van der Waals surface area contributed by atoms with Crippen LogP contribution in [0.2, 0.25) is 0 Å². The Balaban J connectivity index is 1.65. The maximum absolute atomic E-state index is 13.8. The maximum atomic E-state index is 13.8. The van der Waals surface area contributed by atoms with Gasteiger partial charge in [0.05, 0.1) is 18.7 Å². The molecule has 1 N–H and O–H groups in total. The molecule has 4 aromatic rings. The number of amides is 1. The molecule has 0 radical (unpaired) electrons. The van der Waals surface area contributed by atoms with Crippen molar-refractivity contribution < 1.29 is 23.8 Å². The molecule has 0 saturated heterocycles. The Hall–Kier alpha value is -3.98. The number of fused-ring (bicyclic) bond motifs is 1. The Labute approximate surface area is 211 Å². The smallest absolute Gasteiger partial charge is 0.296 e. The van der Waals surface area contributed by atoms with Crippen molar-refractivity contribution in [3.63, 3.8) is 0 Å². The Morgan fingerprint density at radius 1 is 1.14 bits per heavy atom. The number of aromatic nitrogens is 2. The molecule has 2 aromatic carbocycles. The van der Waals surface area contributed by atoms with E-state index in [4.69, 9.17) is 9.15 Å². The minimum absolute atomic E-state index is 0.00421. The summed E-state index contributed by atoms with van der Waals surface area (Å²) in [7, 11) is 1.52. The summed E-state index contributed by atoms with van der Waals surface area (Å²) in [5.74, 6) is -1.46. The van der Waals surface area contributed by atoms with Crippen molar-refractivity contribution >= 4 is 39.1 Å². The average molecular weight is 504 g/mol. The fourth-order valence-electron chi connectivity index (χ4n) is 4.34. The molecule has 0 fully saturated rings. The van der Waals surface area contributed by atoms with E-state index < -0.39 is 23.5 Å². The van der Waals surface area contributed by atoms with Gasteiger partial charge in [-0.25, -0.2) is 0 Å². The molecule has 5 rings (SSSR count). The second kappa shape index (κ2) is 8.60. The average Bonchev–Trinajstić information content (AvgIpc) is 3.54. The number of hydrogen-bond donors (Lipinski definition) is 1. The van der Waals surface area contributed by atoms with Gasteiger partial charge in [0, 0.05) is 5.39 Å². The highest BCUT2D eigenvalue weighted by molar-refractivity contribution is 7.15. The number of carbonyl (C=O) groups is 2. The lowest BCUT2D eigenvalue weighted by atomic mass is 9.85. The number of Topliss-reactive ketones (excluding diaryl/α,β-unsaturated/α-hetero) is 1. The van der Waals surface area contributed by atoms with E-state index in [0.717, 1.165) is 5.56 Å². The Bertz CT molecular complexity index is 1530. The zero-order chi connectivity index (χ0) is 25.8. The lowest BCUT2D eigenvalue weighted by Gasteiger charge is -2.25. The van der Waals surface area contributed by atoms with Crippen molar-refractivity contribution in [3.8, 4) is 5.75 Å². The van der Waals surface area contributed by atoms with Gasteiger partial charge in [0.1, 0.15) is 5.01 Å². The predicted molar refractivity (Wildman–Crippen MR) is 137 cm³/mol. The van der Waals surface area contributed by atoms with Gasteiger partial charge in [-0.05, 0) is 35.6 Å². The van der Waals surface area contributed by atoms with Crippen LogP contribution in [0.25, 0.3) is 11.0 Å². The zero-order valence-electron chi connectivity index (χ0n) is 20.5. The van der Waals surface area contributed by atoms with Gasteiger partial charge in [-0.3, -0.25) is 14.5 Å². The summed E-state index contributed by atoms with van der Waals surface area (Å²) in [5.41, 5.74) is 2.01. The number of ketones is 1. The summed E-state index contributed by atoms with van der Waals surface area (Å²) in [6, 6.07) is 13.7. The molecule has 1 atom stereocenters. The fraction of sp³-hybridized carbons (Fsp3) is 0.259. The third-order valence-corrected chi connectivity index (χ3v) is 7.06. The first-order chi connectivity index (χ1) is 17.1. The molecule has 8 nitrogen and oxygen atoms in total. The zero-order valence-corrected chi connectivity index (χ0v) is 21.3. The van der Waals surface area contributed by atoms with Crippen LogP contribution in [0.4, 0.5) is 5.13 Å². The van der Waals surface area contributed by atoms with Crippen LogP contribution in [0.3, 0.4) is 0 Å². The van der Waals surface area contributed by atoms with Crippen molar-refractivity contribution in [2.45, 2.75) is 39.2 Å². The van der Waals surface area contributed by atoms with Gasteiger partial charge in [-0.15, -0.1) is 10.2 Å². The first-order valence-electron chi connectivity index (χ1n) is 11.4. The molecule has 36 heavy (non-hydrogen) atoms. The first kappa shape index (κ1) is 23.7. The Morgan fingerprint density at radius 3 is 2.47 bits per heavy atom. The summed E-state index contributed by atoms with van der Waals surface area (Å²) >= 11 is 1.21. The number of ether oxygens (including phenoxy) is 1. The summed E-state index contributed by atoms with van der Waals surface area (Å²) < 4.78 is 11.2. The number of nitrogens with zero attached hydrogens (tertiary/aromatic N) is 3. The number of methoxy groups -OCH3 is 1. The SMILES string of the molecule is COc1cccc2cc(C(=O)C3=C(O)C(=O)N(c4nnc(C)s4)C3c3ccc(C(C)(C)C)cc3)oc12. The maximum Gasteiger partial charge on any atom is 0.296 e. The lowest BCUT2D eigenvalue weighted by molar-refractivity contribution is -0.117. The monoisotopic (exact) mass is 503 g/mol. The molecule has 0 saturated carbocycles. The quantitative estimate of drug-likeness (QED) is 0.349. The van der Waals surface area contributed by atoms with E-state index >= 15 is 0 Å². The summed E-state index contributed by atoms with van der Waals surface area (Å²) in [6.45, 7) is 8.09. The summed E-state index contributed by atoms with van der Waals surface area (Å²) in [5, 5.41) is 20.8. The number of rotatable bonds is 5. The van der Waals surface area contributed by atoms with Crippen LogP contribution in [-0.4, -0.2) is 34.1 Å². The van der Waals surface area contributed by atoms with Crippen molar-refractivity contribution in [2.75, 3.05) is 12.0 Å². The van der Waals surface area contributed by atoms with Gasteiger partial charge < -0.3 is 14.3 Å². The minimum atomic E-state index is -0.901. The van der Waals surface area contributed by atoms with E-state index in [1.165, 1.54) is 23.3 Å². The van der Waals surface area contributed by atoms with Crippen molar-refractivity contribution in [1.29, 1.82) is 0 Å². The number of aryl methyl sites for hydroxylation is 1. The van der Waals surface area contributed by atoms with Crippen LogP contribution in [-0.2, 0) is 10.2 Å². The van der Waals surface area contributed by atoms with Gasteiger partial charge in [-0.2, -0.15) is 0 Å². The molecule has 0 aliphatic carbocycles. The van der Waals surface area contributed by atoms with Gasteiger partial charge in [0.2, 0.25) is 10.9 Å². The van der Waals surface area contributed by atoms with Crippen LogP contribution in [0.1, 0.15) is 53.5 Å². The third-order valence-electron chi connectivity index (χ3n) is 6.22. The number of para-hydroxylation sites is 1. The molecule has 184 valence electrons. The van der Waals surface area contributed by atoms with E-state index in [1.807, 2.05) is 24.3 Å². The van der Waals surface area contributed by atoms with Crippen LogP contribution >= 0.6 is 11.3 Å². The van der Waals surface area contributed by atoms with Gasteiger partial charge in [0.25, 0.3) is 5.91 Å². The first-order valence-corrected chi connectivity index (χ1v) is 12.2. The summed E-state index contributed by atoms with van der Waals surface area (Å²) in [6.07, 6.45) is 0. The largest absolute Gasteiger partial charge is 0.503 e. The molecule has 3 heterocycles. The van der Waals surface area contributed by atoms with Crippen LogP contribution in [0.15, 0.2) is 64.3 Å². The third kappa shape index (κ3) is 3.85. The van der Waals surface area contributed by atoms with Gasteiger partial charge >= 0.3 is 0 Å². The molecule has 1 aliphatic heterocycles. The standard InChI is InChI=1S/C27H25N3O5S/c1-14-28-29-26(36-14)30-21(15-9-11-17(12-10-15)27(2,3)4)20(23(32)25(30)33)22(31)19-13-16-7-6-8-18(34-5)24(16)35-19/h6-13,21,32H,1-5H3. The number of aliphatic hydroxyl groups is 1. The highest BCUT2D eigenvalue weighted by atomic mass is 32.1. The van der Waals surface area contributed by atoms with Crippen molar-refractivity contribution in [2.24, 2.45) is 0 Å². The molecule has 0 bridgehead atoms. The normalized spacial score (nSPS) is 16.3. The Kier molecular flexibility index (Phi) is 5.67. The predicted octanol–water partition coefficient (Wildman–Crippen LogP) is 5.68. The molecule has 1 unspecified atom stereocenters. The van der Waals surface area contributed by atoms with E-state index in [0.29, 0.717) is 32.4 Å². The van der Waals surface area contributed by atoms with Crippen LogP contribution in [0, 0.1) is 6.92 Å². The number of furan rings is 1. The molecular weight excluding hydrogens is 478 g/mol. The number of aliphatic hydroxyl groups excluding tert-OH is 1.